The number of aromatic nitrogens is 1. The molecule has 0 unspecified atom stereocenters. The van der Waals surface area contributed by atoms with Gasteiger partial charge in [-0.15, -0.1) is 0 Å². The van der Waals surface area contributed by atoms with Crippen molar-refractivity contribution in [2.45, 2.75) is 13.5 Å². The van der Waals surface area contributed by atoms with Crippen molar-refractivity contribution in [3.63, 3.8) is 0 Å². The molecule has 1 aromatic heterocycles. The molecule has 0 spiro atoms. The predicted octanol–water partition coefficient (Wildman–Crippen LogP) is 2.91. The molecule has 0 atom stereocenters. The van der Waals surface area contributed by atoms with Gasteiger partial charge in [-0.05, 0) is 31.2 Å². The lowest BCUT2D eigenvalue weighted by molar-refractivity contribution is 0.0683. The first-order valence-electron chi connectivity index (χ1n) is 5.14. The third-order valence-corrected chi connectivity index (χ3v) is 2.64. The molecule has 6 heteroatoms. The second-order valence-electron chi connectivity index (χ2n) is 3.61. The fraction of sp³-hybridized carbons (Fsp3) is 0.167. The Morgan fingerprint density at radius 3 is 2.72 bits per heavy atom. The number of carbonyl (C=O) groups is 1. The van der Waals surface area contributed by atoms with Gasteiger partial charge in [0.05, 0.1) is 5.56 Å². The van der Waals surface area contributed by atoms with Crippen LogP contribution in [0.3, 0.4) is 0 Å². The van der Waals surface area contributed by atoms with Gasteiger partial charge in [0.1, 0.15) is 18.1 Å². The molecule has 0 radical (unpaired) electrons. The van der Waals surface area contributed by atoms with Gasteiger partial charge >= 0.3 is 5.97 Å². The lowest BCUT2D eigenvalue weighted by Crippen LogP contribution is -2.05. The molecule has 0 bridgehead atoms. The van der Waals surface area contributed by atoms with E-state index in [2.05, 4.69) is 5.16 Å². The highest BCUT2D eigenvalue weighted by Gasteiger charge is 2.19. The molecule has 0 fully saturated rings. The zero-order chi connectivity index (χ0) is 13.1. The third-order valence-electron chi connectivity index (χ3n) is 2.38. The van der Waals surface area contributed by atoms with Crippen LogP contribution in [0.1, 0.15) is 21.8 Å². The summed E-state index contributed by atoms with van der Waals surface area (Å²) in [5.41, 5.74) is 0.305. The van der Waals surface area contributed by atoms with Crippen LogP contribution in [0.25, 0.3) is 0 Å². The van der Waals surface area contributed by atoms with Gasteiger partial charge in [-0.1, -0.05) is 16.8 Å². The number of ether oxygens (including phenoxy) is 1. The highest BCUT2D eigenvalue weighted by Crippen LogP contribution is 2.19. The number of halogens is 1. The average Bonchev–Trinajstić information content (AvgIpc) is 2.70. The number of carboxylic acids is 1. The number of hydrogen-bond donors (Lipinski definition) is 1. The van der Waals surface area contributed by atoms with Crippen LogP contribution < -0.4 is 4.74 Å². The Labute approximate surface area is 108 Å². The first-order chi connectivity index (χ1) is 8.58. The second-order valence-corrected chi connectivity index (χ2v) is 4.05. The maximum absolute atomic E-state index is 10.9. The monoisotopic (exact) mass is 267 g/mol. The number of aromatic carboxylic acids is 1. The van der Waals surface area contributed by atoms with E-state index in [1.807, 2.05) is 0 Å². The Bertz CT molecular complexity index is 562. The van der Waals surface area contributed by atoms with E-state index in [9.17, 15) is 4.79 Å². The summed E-state index contributed by atoms with van der Waals surface area (Å²) in [6, 6.07) is 6.78. The maximum atomic E-state index is 10.9. The van der Waals surface area contributed by atoms with E-state index in [1.165, 1.54) is 0 Å². The van der Waals surface area contributed by atoms with Crippen molar-refractivity contribution < 1.29 is 19.2 Å². The number of carboxylic acid groups (broad SMARTS) is 1. The first-order valence-corrected chi connectivity index (χ1v) is 5.52. The van der Waals surface area contributed by atoms with E-state index in [-0.39, 0.29) is 12.3 Å². The van der Waals surface area contributed by atoms with Crippen molar-refractivity contribution in [3.05, 3.63) is 46.3 Å². The maximum Gasteiger partial charge on any atom is 0.358 e. The number of rotatable bonds is 4. The van der Waals surface area contributed by atoms with Gasteiger partial charge in [-0.25, -0.2) is 4.79 Å². The lowest BCUT2D eigenvalue weighted by Gasteiger charge is -2.05. The van der Waals surface area contributed by atoms with Gasteiger partial charge in [-0.2, -0.15) is 0 Å². The minimum Gasteiger partial charge on any atom is -0.489 e. The van der Waals surface area contributed by atoms with Crippen LogP contribution in [0, 0.1) is 6.92 Å². The SMILES string of the molecule is Cc1onc(C(=O)O)c1COc1ccc(Cl)cc1. The Balaban J connectivity index is 2.12. The molecule has 0 aliphatic heterocycles. The number of nitrogens with zero attached hydrogens (tertiary/aromatic N) is 1. The van der Waals surface area contributed by atoms with Crippen LogP contribution in [-0.4, -0.2) is 16.2 Å². The highest BCUT2D eigenvalue weighted by atomic mass is 35.5. The molecule has 2 rings (SSSR count). The molecule has 1 aromatic carbocycles. The Morgan fingerprint density at radius 2 is 2.11 bits per heavy atom. The lowest BCUT2D eigenvalue weighted by atomic mass is 10.2. The number of benzene rings is 1. The molecular weight excluding hydrogens is 258 g/mol. The molecular formula is C12H10ClNO4. The number of aryl methyl sites for hydroxylation is 1. The van der Waals surface area contributed by atoms with Crippen LogP contribution in [0.4, 0.5) is 0 Å². The van der Waals surface area contributed by atoms with Crippen molar-refractivity contribution in [3.8, 4) is 5.75 Å². The second kappa shape index (κ2) is 5.10. The summed E-state index contributed by atoms with van der Waals surface area (Å²) in [6.07, 6.45) is 0. The van der Waals surface area contributed by atoms with Gasteiger partial charge in [0.15, 0.2) is 5.69 Å². The normalized spacial score (nSPS) is 10.3. The Morgan fingerprint density at radius 1 is 1.44 bits per heavy atom. The van der Waals surface area contributed by atoms with Gasteiger partial charge < -0.3 is 14.4 Å². The van der Waals surface area contributed by atoms with Crippen molar-refractivity contribution >= 4 is 17.6 Å². The molecule has 0 saturated carbocycles. The average molecular weight is 268 g/mol. The van der Waals surface area contributed by atoms with Crippen LogP contribution in [-0.2, 0) is 6.61 Å². The topological polar surface area (TPSA) is 72.6 Å². The minimum absolute atomic E-state index is 0.0819. The predicted molar refractivity (Wildman–Crippen MR) is 64.0 cm³/mol. The van der Waals surface area contributed by atoms with Crippen LogP contribution in [0.15, 0.2) is 28.8 Å². The van der Waals surface area contributed by atoms with E-state index in [1.54, 1.807) is 31.2 Å². The summed E-state index contributed by atoms with van der Waals surface area (Å²) in [5.74, 6) is -0.112. The van der Waals surface area contributed by atoms with Crippen LogP contribution >= 0.6 is 11.6 Å². The smallest absolute Gasteiger partial charge is 0.358 e. The molecule has 0 aliphatic rings. The number of hydrogen-bond acceptors (Lipinski definition) is 4. The third kappa shape index (κ3) is 2.62. The molecule has 0 aliphatic carbocycles. The molecule has 1 heterocycles. The van der Waals surface area contributed by atoms with E-state index >= 15 is 0 Å². The largest absolute Gasteiger partial charge is 0.489 e. The molecule has 1 N–H and O–H groups in total. The minimum atomic E-state index is -1.14. The van der Waals surface area contributed by atoms with Gasteiger partial charge in [0.2, 0.25) is 0 Å². The molecule has 18 heavy (non-hydrogen) atoms. The quantitative estimate of drug-likeness (QED) is 0.922. The van der Waals surface area contributed by atoms with Crippen molar-refractivity contribution in [1.29, 1.82) is 0 Å². The molecule has 5 nitrogen and oxygen atoms in total. The van der Waals surface area contributed by atoms with Crippen molar-refractivity contribution in [2.24, 2.45) is 0 Å². The zero-order valence-corrected chi connectivity index (χ0v) is 10.3. The fourth-order valence-corrected chi connectivity index (χ4v) is 1.54. The van der Waals surface area contributed by atoms with E-state index < -0.39 is 5.97 Å². The van der Waals surface area contributed by atoms with Crippen LogP contribution in [0.2, 0.25) is 5.02 Å². The van der Waals surface area contributed by atoms with Crippen LogP contribution in [0.5, 0.6) is 5.75 Å². The highest BCUT2D eigenvalue weighted by molar-refractivity contribution is 6.30. The van der Waals surface area contributed by atoms with E-state index in [0.717, 1.165) is 0 Å². The summed E-state index contributed by atoms with van der Waals surface area (Å²) < 4.78 is 10.3. The van der Waals surface area contributed by atoms with Gasteiger partial charge in [0, 0.05) is 5.02 Å². The van der Waals surface area contributed by atoms with Crippen molar-refractivity contribution in [1.82, 2.24) is 5.16 Å². The molecule has 0 amide bonds. The summed E-state index contributed by atoms with van der Waals surface area (Å²) in [4.78, 5) is 10.9. The Kier molecular flexibility index (Phi) is 3.53. The standard InChI is InChI=1S/C12H10ClNO4/c1-7-10(11(12(15)16)14-18-7)6-17-9-4-2-8(13)3-5-9/h2-5H,6H2,1H3,(H,15,16). The fourth-order valence-electron chi connectivity index (χ4n) is 1.42. The van der Waals surface area contributed by atoms with Gasteiger partial charge in [0.25, 0.3) is 0 Å². The van der Waals surface area contributed by atoms with Crippen molar-refractivity contribution in [2.75, 3.05) is 0 Å². The van der Waals surface area contributed by atoms with Gasteiger partial charge in [-0.3, -0.25) is 0 Å². The van der Waals surface area contributed by atoms with E-state index in [4.69, 9.17) is 26.0 Å². The summed E-state index contributed by atoms with van der Waals surface area (Å²) >= 11 is 5.75. The first kappa shape index (κ1) is 12.4. The zero-order valence-electron chi connectivity index (χ0n) is 9.51. The molecule has 0 saturated heterocycles. The summed E-state index contributed by atoms with van der Waals surface area (Å²) in [7, 11) is 0. The Hall–Kier alpha value is -2.01. The molecule has 94 valence electrons. The summed E-state index contributed by atoms with van der Waals surface area (Å²) in [6.45, 7) is 1.72. The molecule has 2 aromatic rings. The van der Waals surface area contributed by atoms with E-state index in [0.29, 0.717) is 22.1 Å². The summed E-state index contributed by atoms with van der Waals surface area (Å²) in [5, 5.41) is 13.0.